The van der Waals surface area contributed by atoms with E-state index in [4.69, 9.17) is 9.47 Å². The Balaban J connectivity index is 1.95. The molecule has 0 aliphatic heterocycles. The highest BCUT2D eigenvalue weighted by molar-refractivity contribution is 5.34. The molecule has 0 aromatic heterocycles. The fourth-order valence-corrected chi connectivity index (χ4v) is 1.55. The largest absolute Gasteiger partial charge is 0.497 e. The van der Waals surface area contributed by atoms with E-state index in [1.807, 2.05) is 24.3 Å². The molecule has 0 radical (unpaired) electrons. The van der Waals surface area contributed by atoms with Crippen LogP contribution in [0.2, 0.25) is 0 Å². The van der Waals surface area contributed by atoms with E-state index in [1.165, 1.54) is 12.1 Å². The number of rotatable bonds is 5. The van der Waals surface area contributed by atoms with Crippen molar-refractivity contribution >= 4 is 5.69 Å². The summed E-state index contributed by atoms with van der Waals surface area (Å²) in [5, 5.41) is 10.5. The third kappa shape index (κ3) is 3.45. The highest BCUT2D eigenvalue weighted by Crippen LogP contribution is 2.19. The molecule has 5 heteroatoms. The van der Waals surface area contributed by atoms with Gasteiger partial charge in [-0.3, -0.25) is 10.1 Å². The van der Waals surface area contributed by atoms with Crippen molar-refractivity contribution in [1.82, 2.24) is 0 Å². The molecule has 19 heavy (non-hydrogen) atoms. The number of methoxy groups -OCH3 is 1. The molecular weight excluding hydrogens is 246 g/mol. The van der Waals surface area contributed by atoms with Crippen molar-refractivity contribution < 1.29 is 14.4 Å². The van der Waals surface area contributed by atoms with Crippen molar-refractivity contribution in [3.8, 4) is 11.5 Å². The van der Waals surface area contributed by atoms with Crippen LogP contribution in [0.5, 0.6) is 11.5 Å². The molecule has 0 saturated heterocycles. The fourth-order valence-electron chi connectivity index (χ4n) is 1.55. The maximum atomic E-state index is 10.5. The molecule has 0 aliphatic rings. The molecular formula is C14H13NO4. The zero-order valence-electron chi connectivity index (χ0n) is 10.4. The SMILES string of the molecule is COc1ccc(OCc2ccc([N+](=O)[O-])cc2)cc1. The van der Waals surface area contributed by atoms with Gasteiger partial charge in [-0.05, 0) is 42.0 Å². The molecule has 0 bridgehead atoms. The van der Waals surface area contributed by atoms with E-state index in [0.29, 0.717) is 6.61 Å². The Labute approximate surface area is 110 Å². The lowest BCUT2D eigenvalue weighted by molar-refractivity contribution is -0.384. The van der Waals surface area contributed by atoms with Gasteiger partial charge >= 0.3 is 0 Å². The molecule has 0 fully saturated rings. The van der Waals surface area contributed by atoms with E-state index >= 15 is 0 Å². The molecule has 5 nitrogen and oxygen atoms in total. The molecule has 0 amide bonds. The number of ether oxygens (including phenoxy) is 2. The van der Waals surface area contributed by atoms with E-state index in [0.717, 1.165) is 17.1 Å². The number of nitrogens with zero attached hydrogens (tertiary/aromatic N) is 1. The van der Waals surface area contributed by atoms with Gasteiger partial charge in [-0.25, -0.2) is 0 Å². The van der Waals surface area contributed by atoms with Crippen LogP contribution in [0.25, 0.3) is 0 Å². The van der Waals surface area contributed by atoms with Crippen molar-refractivity contribution in [3.63, 3.8) is 0 Å². The molecule has 0 heterocycles. The van der Waals surface area contributed by atoms with Crippen LogP contribution in [0, 0.1) is 10.1 Å². The molecule has 2 aromatic rings. The van der Waals surface area contributed by atoms with Gasteiger partial charge in [0.15, 0.2) is 0 Å². The second-order valence-corrected chi connectivity index (χ2v) is 3.89. The maximum Gasteiger partial charge on any atom is 0.269 e. The number of benzene rings is 2. The van der Waals surface area contributed by atoms with Crippen LogP contribution in [0.3, 0.4) is 0 Å². The van der Waals surface area contributed by atoms with Gasteiger partial charge < -0.3 is 9.47 Å². The molecule has 98 valence electrons. The molecule has 0 aliphatic carbocycles. The summed E-state index contributed by atoms with van der Waals surface area (Å²) in [4.78, 5) is 10.1. The second-order valence-electron chi connectivity index (χ2n) is 3.89. The minimum absolute atomic E-state index is 0.0770. The third-order valence-electron chi connectivity index (χ3n) is 2.61. The number of hydrogen-bond acceptors (Lipinski definition) is 4. The molecule has 0 N–H and O–H groups in total. The lowest BCUT2D eigenvalue weighted by Gasteiger charge is -2.07. The number of nitro benzene ring substituents is 1. The molecule has 2 rings (SSSR count). The summed E-state index contributed by atoms with van der Waals surface area (Å²) in [5.74, 6) is 1.49. The van der Waals surface area contributed by atoms with Crippen molar-refractivity contribution in [3.05, 3.63) is 64.2 Å². The van der Waals surface area contributed by atoms with Gasteiger partial charge in [0.05, 0.1) is 12.0 Å². The average molecular weight is 259 g/mol. The van der Waals surface area contributed by atoms with Crippen LogP contribution >= 0.6 is 0 Å². The van der Waals surface area contributed by atoms with Gasteiger partial charge in [0.1, 0.15) is 18.1 Å². The first-order chi connectivity index (χ1) is 9.19. The Morgan fingerprint density at radius 1 is 1.00 bits per heavy atom. The van der Waals surface area contributed by atoms with Crippen molar-refractivity contribution in [2.75, 3.05) is 7.11 Å². The first-order valence-corrected chi connectivity index (χ1v) is 5.69. The summed E-state index contributed by atoms with van der Waals surface area (Å²) in [6.45, 7) is 0.365. The summed E-state index contributed by atoms with van der Waals surface area (Å²) in [7, 11) is 1.60. The Morgan fingerprint density at radius 3 is 2.11 bits per heavy atom. The van der Waals surface area contributed by atoms with Crippen LogP contribution in [-0.2, 0) is 6.61 Å². The zero-order chi connectivity index (χ0) is 13.7. The second kappa shape index (κ2) is 5.86. The summed E-state index contributed by atoms with van der Waals surface area (Å²) in [6, 6.07) is 13.5. The van der Waals surface area contributed by atoms with Gasteiger partial charge in [-0.2, -0.15) is 0 Å². The van der Waals surface area contributed by atoms with E-state index < -0.39 is 4.92 Å². The predicted octanol–water partition coefficient (Wildman–Crippen LogP) is 3.18. The smallest absolute Gasteiger partial charge is 0.269 e. The van der Waals surface area contributed by atoms with Crippen LogP contribution in [0.1, 0.15) is 5.56 Å². The Hall–Kier alpha value is -2.56. The van der Waals surface area contributed by atoms with Gasteiger partial charge in [-0.1, -0.05) is 0 Å². The summed E-state index contributed by atoms with van der Waals surface area (Å²) >= 11 is 0. The number of non-ortho nitro benzene ring substituents is 1. The Kier molecular flexibility index (Phi) is 3.97. The quantitative estimate of drug-likeness (QED) is 0.611. The van der Waals surface area contributed by atoms with Gasteiger partial charge in [0.25, 0.3) is 5.69 Å². The van der Waals surface area contributed by atoms with Crippen LogP contribution < -0.4 is 9.47 Å². The van der Waals surface area contributed by atoms with E-state index in [2.05, 4.69) is 0 Å². The molecule has 0 atom stereocenters. The number of hydrogen-bond donors (Lipinski definition) is 0. The molecule has 0 spiro atoms. The topological polar surface area (TPSA) is 61.6 Å². The van der Waals surface area contributed by atoms with Crippen molar-refractivity contribution in [1.29, 1.82) is 0 Å². The fraction of sp³-hybridized carbons (Fsp3) is 0.143. The highest BCUT2D eigenvalue weighted by Gasteiger charge is 2.04. The van der Waals surface area contributed by atoms with Crippen molar-refractivity contribution in [2.45, 2.75) is 6.61 Å². The van der Waals surface area contributed by atoms with Gasteiger partial charge in [0.2, 0.25) is 0 Å². The third-order valence-corrected chi connectivity index (χ3v) is 2.61. The zero-order valence-corrected chi connectivity index (χ0v) is 10.4. The highest BCUT2D eigenvalue weighted by atomic mass is 16.6. The Bertz CT molecular complexity index is 549. The molecule has 0 saturated carbocycles. The first kappa shape index (κ1) is 12.9. The first-order valence-electron chi connectivity index (χ1n) is 5.69. The van der Waals surface area contributed by atoms with Crippen LogP contribution in [-0.4, -0.2) is 12.0 Å². The maximum absolute atomic E-state index is 10.5. The number of nitro groups is 1. The van der Waals surface area contributed by atoms with E-state index in [1.54, 1.807) is 19.2 Å². The minimum Gasteiger partial charge on any atom is -0.497 e. The minimum atomic E-state index is -0.423. The molecule has 2 aromatic carbocycles. The monoisotopic (exact) mass is 259 g/mol. The standard InChI is InChI=1S/C14H13NO4/c1-18-13-6-8-14(9-7-13)19-10-11-2-4-12(5-3-11)15(16)17/h2-9H,10H2,1H3. The van der Waals surface area contributed by atoms with Crippen LogP contribution in [0.15, 0.2) is 48.5 Å². The predicted molar refractivity (Wildman–Crippen MR) is 70.4 cm³/mol. The average Bonchev–Trinajstić information content (AvgIpc) is 2.46. The normalized spacial score (nSPS) is 9.95. The van der Waals surface area contributed by atoms with Crippen molar-refractivity contribution in [2.24, 2.45) is 0 Å². The van der Waals surface area contributed by atoms with Gasteiger partial charge in [-0.15, -0.1) is 0 Å². The summed E-state index contributed by atoms with van der Waals surface area (Å²) in [6.07, 6.45) is 0. The Morgan fingerprint density at radius 2 is 1.58 bits per heavy atom. The lowest BCUT2D eigenvalue weighted by Crippen LogP contribution is -1.96. The van der Waals surface area contributed by atoms with E-state index in [9.17, 15) is 10.1 Å². The molecule has 0 unspecified atom stereocenters. The van der Waals surface area contributed by atoms with E-state index in [-0.39, 0.29) is 5.69 Å². The summed E-state index contributed by atoms with van der Waals surface area (Å²) < 4.78 is 10.6. The summed E-state index contributed by atoms with van der Waals surface area (Å²) in [5.41, 5.74) is 0.953. The lowest BCUT2D eigenvalue weighted by atomic mass is 10.2. The van der Waals surface area contributed by atoms with Crippen LogP contribution in [0.4, 0.5) is 5.69 Å². The van der Waals surface area contributed by atoms with Gasteiger partial charge in [0, 0.05) is 12.1 Å².